The average Bonchev–Trinajstić information content (AvgIpc) is 2.83. The molecule has 0 aromatic heterocycles. The maximum Gasteiger partial charge on any atom is 0.303 e. The molecule has 10 heteroatoms. The fourth-order valence-electron chi connectivity index (χ4n) is 4.12. The zero-order chi connectivity index (χ0) is 30.7. The lowest BCUT2D eigenvalue weighted by atomic mass is 9.93. The molecule has 0 bridgehead atoms. The number of hydrogen-bond acceptors (Lipinski definition) is 7. The van der Waals surface area contributed by atoms with Crippen LogP contribution in [0.4, 0.5) is 0 Å². The summed E-state index contributed by atoms with van der Waals surface area (Å²) in [7, 11) is 0. The van der Waals surface area contributed by atoms with Crippen molar-refractivity contribution in [3.8, 4) is 0 Å². The van der Waals surface area contributed by atoms with E-state index in [2.05, 4.69) is 10.6 Å². The maximum atomic E-state index is 12.3. The molecule has 2 amide bonds. The van der Waals surface area contributed by atoms with Gasteiger partial charge in [-0.2, -0.15) is 0 Å². The largest absolute Gasteiger partial charge is 0.481 e. The SMILES string of the molecule is CCC(CCC(=O)O)C(C)=O.CCC(CCC(C)=O)C(=O)NC(CCC(=O)NC1CCC1)C(C)=O.NC1CCC1. The lowest BCUT2D eigenvalue weighted by Gasteiger charge is -2.26. The molecule has 0 heterocycles. The Bertz CT molecular complexity index is 822. The molecule has 2 rings (SSSR count). The summed E-state index contributed by atoms with van der Waals surface area (Å²) in [6.07, 6.45) is 10.4. The van der Waals surface area contributed by atoms with Gasteiger partial charge >= 0.3 is 5.97 Å². The molecule has 0 spiro atoms. The van der Waals surface area contributed by atoms with E-state index >= 15 is 0 Å². The second-order valence-corrected chi connectivity index (χ2v) is 11.1. The quantitative estimate of drug-likeness (QED) is 0.217. The van der Waals surface area contributed by atoms with E-state index in [1.54, 1.807) is 0 Å². The molecule has 0 radical (unpaired) electrons. The first-order valence-electron chi connectivity index (χ1n) is 14.9. The Morgan fingerprint density at radius 2 is 1.30 bits per heavy atom. The minimum Gasteiger partial charge on any atom is -0.481 e. The van der Waals surface area contributed by atoms with Gasteiger partial charge in [-0.05, 0) is 85.0 Å². The summed E-state index contributed by atoms with van der Waals surface area (Å²) in [6, 6.07) is 0.199. The smallest absolute Gasteiger partial charge is 0.303 e. The number of amides is 2. The summed E-state index contributed by atoms with van der Waals surface area (Å²) in [4.78, 5) is 67.9. The van der Waals surface area contributed by atoms with Gasteiger partial charge in [0, 0.05) is 43.2 Å². The van der Waals surface area contributed by atoms with Crippen LogP contribution in [0, 0.1) is 11.8 Å². The van der Waals surface area contributed by atoms with Crippen LogP contribution in [-0.2, 0) is 28.8 Å². The van der Waals surface area contributed by atoms with Gasteiger partial charge in [0.15, 0.2) is 5.78 Å². The predicted octanol–water partition coefficient (Wildman–Crippen LogP) is 3.87. The zero-order valence-corrected chi connectivity index (χ0v) is 25.3. The van der Waals surface area contributed by atoms with E-state index in [0.717, 1.165) is 25.7 Å². The van der Waals surface area contributed by atoms with Gasteiger partial charge in [0.05, 0.1) is 6.04 Å². The van der Waals surface area contributed by atoms with Crippen molar-refractivity contribution in [2.75, 3.05) is 0 Å². The Balaban J connectivity index is 0.000000775. The molecule has 0 aromatic rings. The summed E-state index contributed by atoms with van der Waals surface area (Å²) in [5.41, 5.74) is 5.38. The van der Waals surface area contributed by atoms with E-state index in [1.165, 1.54) is 40.0 Å². The number of nitrogens with two attached hydrogens (primary N) is 1. The third kappa shape index (κ3) is 17.9. The average molecular weight is 568 g/mol. The molecule has 2 saturated carbocycles. The van der Waals surface area contributed by atoms with Crippen molar-refractivity contribution < 1.29 is 33.9 Å². The van der Waals surface area contributed by atoms with Crippen LogP contribution in [0.2, 0.25) is 0 Å². The second kappa shape index (κ2) is 21.2. The van der Waals surface area contributed by atoms with E-state index in [1.807, 2.05) is 13.8 Å². The highest BCUT2D eigenvalue weighted by Gasteiger charge is 2.24. The molecule has 2 aliphatic carbocycles. The van der Waals surface area contributed by atoms with Crippen molar-refractivity contribution in [2.24, 2.45) is 17.6 Å². The molecule has 0 saturated heterocycles. The van der Waals surface area contributed by atoms with Gasteiger partial charge in [0.2, 0.25) is 11.8 Å². The Morgan fingerprint density at radius 3 is 1.65 bits per heavy atom. The maximum absolute atomic E-state index is 12.3. The van der Waals surface area contributed by atoms with Crippen LogP contribution >= 0.6 is 0 Å². The van der Waals surface area contributed by atoms with Crippen molar-refractivity contribution in [2.45, 2.75) is 143 Å². The Labute approximate surface area is 240 Å². The van der Waals surface area contributed by atoms with Crippen molar-refractivity contribution in [3.05, 3.63) is 0 Å². The fraction of sp³-hybridized carbons (Fsp3) is 0.800. The Morgan fingerprint density at radius 1 is 0.775 bits per heavy atom. The van der Waals surface area contributed by atoms with E-state index in [9.17, 15) is 28.8 Å². The highest BCUT2D eigenvalue weighted by atomic mass is 16.4. The van der Waals surface area contributed by atoms with Gasteiger partial charge < -0.3 is 26.3 Å². The summed E-state index contributed by atoms with van der Waals surface area (Å²) in [5, 5.41) is 14.0. The van der Waals surface area contributed by atoms with Gasteiger partial charge in [-0.15, -0.1) is 0 Å². The number of carbonyl (C=O) groups is 6. The fourth-order valence-corrected chi connectivity index (χ4v) is 4.12. The molecule has 0 aliphatic heterocycles. The normalized spacial score (nSPS) is 16.6. The molecule has 5 N–H and O–H groups in total. The van der Waals surface area contributed by atoms with Crippen LogP contribution in [0.1, 0.15) is 125 Å². The molecule has 0 aromatic carbocycles. The number of carbonyl (C=O) groups excluding carboxylic acids is 5. The van der Waals surface area contributed by atoms with Crippen molar-refractivity contribution >= 4 is 35.1 Å². The van der Waals surface area contributed by atoms with Gasteiger partial charge in [-0.1, -0.05) is 20.3 Å². The third-order valence-corrected chi connectivity index (χ3v) is 7.57. The summed E-state index contributed by atoms with van der Waals surface area (Å²) < 4.78 is 0. The minimum absolute atomic E-state index is 0.0528. The number of nitrogens with one attached hydrogen (secondary N) is 2. The highest BCUT2D eigenvalue weighted by Crippen LogP contribution is 2.18. The summed E-state index contributed by atoms with van der Waals surface area (Å²) in [6.45, 7) is 8.22. The van der Waals surface area contributed by atoms with Crippen LogP contribution in [0.25, 0.3) is 0 Å². The molecular formula is C30H53N3O7. The van der Waals surface area contributed by atoms with Crippen LogP contribution in [0.5, 0.6) is 0 Å². The van der Waals surface area contributed by atoms with Crippen molar-refractivity contribution in [1.82, 2.24) is 10.6 Å². The molecule has 10 nitrogen and oxygen atoms in total. The third-order valence-electron chi connectivity index (χ3n) is 7.57. The van der Waals surface area contributed by atoms with Gasteiger partial charge in [0.1, 0.15) is 11.6 Å². The van der Waals surface area contributed by atoms with Crippen molar-refractivity contribution in [3.63, 3.8) is 0 Å². The standard InChI is InChI=1S/C18H30N2O4.C8H14O3.C4H9N/c1-4-14(9-8-12(2)21)18(24)20-16(13(3)22)10-11-17(23)19-15-6-5-7-15;1-3-7(6(2)9)4-5-8(10)11;5-4-2-1-3-4/h14-16H,4-11H2,1-3H3,(H,19,23)(H,20,24);7H,3-5H2,1-2H3,(H,10,11);4H,1-3,5H2. The lowest BCUT2D eigenvalue weighted by Crippen LogP contribution is -2.44. The van der Waals surface area contributed by atoms with E-state index in [-0.39, 0.29) is 59.9 Å². The monoisotopic (exact) mass is 567 g/mol. The molecular weight excluding hydrogens is 514 g/mol. The molecule has 230 valence electrons. The number of aliphatic carboxylic acids is 1. The molecule has 3 unspecified atom stereocenters. The summed E-state index contributed by atoms with van der Waals surface area (Å²) >= 11 is 0. The number of Topliss-reactive ketones (excluding diaryl/α,β-unsaturated/α-hetero) is 3. The number of ketones is 3. The van der Waals surface area contributed by atoms with Crippen LogP contribution in [-0.4, -0.2) is 58.4 Å². The topological polar surface area (TPSA) is 173 Å². The molecule has 40 heavy (non-hydrogen) atoms. The van der Waals surface area contributed by atoms with Gasteiger partial charge in [-0.3, -0.25) is 24.0 Å². The van der Waals surface area contributed by atoms with Crippen molar-refractivity contribution in [1.29, 1.82) is 0 Å². The van der Waals surface area contributed by atoms with Crippen LogP contribution in [0.3, 0.4) is 0 Å². The van der Waals surface area contributed by atoms with E-state index in [4.69, 9.17) is 10.8 Å². The Hall–Kier alpha value is -2.62. The highest BCUT2D eigenvalue weighted by molar-refractivity contribution is 5.89. The molecule has 3 atom stereocenters. The Kier molecular flexibility index (Phi) is 19.8. The zero-order valence-electron chi connectivity index (χ0n) is 25.3. The number of carboxylic acids is 1. The van der Waals surface area contributed by atoms with Gasteiger partial charge in [-0.25, -0.2) is 0 Å². The first-order chi connectivity index (χ1) is 18.8. The molecule has 2 fully saturated rings. The first-order valence-corrected chi connectivity index (χ1v) is 14.9. The van der Waals surface area contributed by atoms with Crippen LogP contribution < -0.4 is 16.4 Å². The van der Waals surface area contributed by atoms with E-state index in [0.29, 0.717) is 38.1 Å². The molecule has 2 aliphatic rings. The van der Waals surface area contributed by atoms with Crippen LogP contribution in [0.15, 0.2) is 0 Å². The lowest BCUT2D eigenvalue weighted by molar-refractivity contribution is -0.137. The van der Waals surface area contributed by atoms with Gasteiger partial charge in [0.25, 0.3) is 0 Å². The number of carboxylic acid groups (broad SMARTS) is 1. The first kappa shape index (κ1) is 37.4. The summed E-state index contributed by atoms with van der Waals surface area (Å²) in [5.74, 6) is -1.45. The second-order valence-electron chi connectivity index (χ2n) is 11.1. The number of hydrogen-bond donors (Lipinski definition) is 4. The minimum atomic E-state index is -0.829. The van der Waals surface area contributed by atoms with E-state index < -0.39 is 12.0 Å². The number of rotatable bonds is 16. The predicted molar refractivity (Wildman–Crippen MR) is 154 cm³/mol.